The molecule has 0 aliphatic heterocycles. The quantitative estimate of drug-likeness (QED) is 0.460. The standard InChI is InChI=1S/C12H16FNO/c1-2-3-4-8-11(15)9-6-5-7-10(13)12(9)14/h5-7H,2-4,8,14H2,1H3. The van der Waals surface area contributed by atoms with Crippen LogP contribution in [0.2, 0.25) is 0 Å². The summed E-state index contributed by atoms with van der Waals surface area (Å²) in [5.74, 6) is -0.586. The van der Waals surface area contributed by atoms with Gasteiger partial charge in [-0.15, -0.1) is 0 Å². The number of unbranched alkanes of at least 4 members (excludes halogenated alkanes) is 2. The zero-order chi connectivity index (χ0) is 11.3. The molecule has 1 aromatic rings. The van der Waals surface area contributed by atoms with Crippen molar-refractivity contribution in [1.82, 2.24) is 0 Å². The number of Topliss-reactive ketones (excluding diaryl/α,β-unsaturated/α-hetero) is 1. The van der Waals surface area contributed by atoms with Gasteiger partial charge in [-0.3, -0.25) is 4.79 Å². The van der Waals surface area contributed by atoms with Crippen molar-refractivity contribution in [2.75, 3.05) is 5.73 Å². The fraction of sp³-hybridized carbons (Fsp3) is 0.417. The van der Waals surface area contributed by atoms with Gasteiger partial charge in [0.25, 0.3) is 0 Å². The van der Waals surface area contributed by atoms with Crippen LogP contribution in [-0.2, 0) is 0 Å². The molecule has 0 aliphatic rings. The highest BCUT2D eigenvalue weighted by Gasteiger charge is 2.11. The van der Waals surface area contributed by atoms with Gasteiger partial charge in [-0.25, -0.2) is 4.39 Å². The van der Waals surface area contributed by atoms with Gasteiger partial charge in [0, 0.05) is 12.0 Å². The Morgan fingerprint density at radius 3 is 2.80 bits per heavy atom. The molecule has 0 aromatic heterocycles. The summed E-state index contributed by atoms with van der Waals surface area (Å²) in [5.41, 5.74) is 5.77. The van der Waals surface area contributed by atoms with E-state index in [1.54, 1.807) is 6.07 Å². The van der Waals surface area contributed by atoms with Gasteiger partial charge in [0.15, 0.2) is 5.78 Å². The van der Waals surface area contributed by atoms with Crippen LogP contribution in [0.1, 0.15) is 43.0 Å². The summed E-state index contributed by atoms with van der Waals surface area (Å²) in [6.07, 6.45) is 3.36. The number of carbonyl (C=O) groups is 1. The smallest absolute Gasteiger partial charge is 0.165 e. The summed E-state index contributed by atoms with van der Waals surface area (Å²) in [7, 11) is 0. The van der Waals surface area contributed by atoms with Crippen molar-refractivity contribution in [2.45, 2.75) is 32.6 Å². The average molecular weight is 209 g/mol. The Labute approximate surface area is 89.3 Å². The van der Waals surface area contributed by atoms with Crippen molar-refractivity contribution >= 4 is 11.5 Å². The van der Waals surface area contributed by atoms with Crippen LogP contribution in [0.25, 0.3) is 0 Å². The molecular formula is C12H16FNO. The van der Waals surface area contributed by atoms with E-state index in [4.69, 9.17) is 5.73 Å². The van der Waals surface area contributed by atoms with E-state index in [1.165, 1.54) is 12.1 Å². The normalized spacial score (nSPS) is 10.3. The monoisotopic (exact) mass is 209 g/mol. The molecule has 0 bridgehead atoms. The number of halogens is 1. The zero-order valence-electron chi connectivity index (χ0n) is 8.92. The molecule has 0 aliphatic carbocycles. The Bertz CT molecular complexity index is 349. The third kappa shape index (κ3) is 3.05. The van der Waals surface area contributed by atoms with Crippen LogP contribution < -0.4 is 5.73 Å². The van der Waals surface area contributed by atoms with Crippen molar-refractivity contribution in [3.8, 4) is 0 Å². The van der Waals surface area contributed by atoms with Gasteiger partial charge >= 0.3 is 0 Å². The van der Waals surface area contributed by atoms with E-state index < -0.39 is 5.82 Å². The van der Waals surface area contributed by atoms with Crippen molar-refractivity contribution in [3.63, 3.8) is 0 Å². The first kappa shape index (κ1) is 11.7. The number of nitrogen functional groups attached to an aromatic ring is 1. The van der Waals surface area contributed by atoms with Crippen LogP contribution in [0.15, 0.2) is 18.2 Å². The molecule has 0 unspecified atom stereocenters. The molecule has 0 atom stereocenters. The fourth-order valence-electron chi connectivity index (χ4n) is 1.45. The predicted octanol–water partition coefficient (Wildman–Crippen LogP) is 3.17. The van der Waals surface area contributed by atoms with Crippen molar-refractivity contribution in [3.05, 3.63) is 29.6 Å². The van der Waals surface area contributed by atoms with Gasteiger partial charge in [-0.1, -0.05) is 25.8 Å². The number of rotatable bonds is 5. The van der Waals surface area contributed by atoms with E-state index in [9.17, 15) is 9.18 Å². The molecule has 82 valence electrons. The van der Waals surface area contributed by atoms with Gasteiger partial charge in [0.2, 0.25) is 0 Å². The van der Waals surface area contributed by atoms with Crippen molar-refractivity contribution in [1.29, 1.82) is 0 Å². The maximum Gasteiger partial charge on any atom is 0.165 e. The van der Waals surface area contributed by atoms with Crippen LogP contribution in [0.3, 0.4) is 0 Å². The number of nitrogens with two attached hydrogens (primary N) is 1. The Balaban J connectivity index is 2.69. The summed E-state index contributed by atoms with van der Waals surface area (Å²) in [6, 6.07) is 4.35. The number of para-hydroxylation sites is 1. The van der Waals surface area contributed by atoms with Crippen molar-refractivity contribution < 1.29 is 9.18 Å². The lowest BCUT2D eigenvalue weighted by molar-refractivity contribution is 0.0980. The number of hydrogen-bond acceptors (Lipinski definition) is 2. The molecule has 0 heterocycles. The molecular weight excluding hydrogens is 193 g/mol. The first-order valence-corrected chi connectivity index (χ1v) is 5.24. The lowest BCUT2D eigenvalue weighted by atomic mass is 10.0. The summed E-state index contributed by atoms with van der Waals surface area (Å²) in [5, 5.41) is 0. The first-order chi connectivity index (χ1) is 7.16. The Kier molecular flexibility index (Phi) is 4.28. The average Bonchev–Trinajstić information content (AvgIpc) is 2.22. The van der Waals surface area contributed by atoms with Crippen LogP contribution in [0, 0.1) is 5.82 Å². The maximum absolute atomic E-state index is 13.1. The molecule has 3 heteroatoms. The zero-order valence-corrected chi connectivity index (χ0v) is 8.92. The predicted molar refractivity (Wildman–Crippen MR) is 59.3 cm³/mol. The molecule has 15 heavy (non-hydrogen) atoms. The largest absolute Gasteiger partial charge is 0.396 e. The highest BCUT2D eigenvalue weighted by molar-refractivity contribution is 6.00. The summed E-state index contributed by atoms with van der Waals surface area (Å²) in [4.78, 5) is 11.6. The Morgan fingerprint density at radius 2 is 2.13 bits per heavy atom. The highest BCUT2D eigenvalue weighted by Crippen LogP contribution is 2.18. The van der Waals surface area contributed by atoms with Gasteiger partial charge in [0.1, 0.15) is 5.82 Å². The number of carbonyl (C=O) groups excluding carboxylic acids is 1. The van der Waals surface area contributed by atoms with E-state index in [1.807, 2.05) is 0 Å². The van der Waals surface area contributed by atoms with Gasteiger partial charge in [0.05, 0.1) is 5.69 Å². The van der Waals surface area contributed by atoms with Crippen LogP contribution in [-0.4, -0.2) is 5.78 Å². The molecule has 0 amide bonds. The molecule has 0 saturated carbocycles. The minimum atomic E-state index is -0.517. The molecule has 0 spiro atoms. The molecule has 0 fully saturated rings. The maximum atomic E-state index is 13.1. The summed E-state index contributed by atoms with van der Waals surface area (Å²) < 4.78 is 13.1. The van der Waals surface area contributed by atoms with E-state index in [-0.39, 0.29) is 11.5 Å². The molecule has 0 saturated heterocycles. The number of anilines is 1. The minimum absolute atomic E-state index is 0.0287. The third-order valence-electron chi connectivity index (χ3n) is 2.36. The third-order valence-corrected chi connectivity index (χ3v) is 2.36. The van der Waals surface area contributed by atoms with Crippen LogP contribution in [0.4, 0.5) is 10.1 Å². The lowest BCUT2D eigenvalue weighted by Crippen LogP contribution is -2.05. The van der Waals surface area contributed by atoms with Gasteiger partial charge < -0.3 is 5.73 Å². The SMILES string of the molecule is CCCCCC(=O)c1cccc(F)c1N. The second kappa shape index (κ2) is 5.49. The molecule has 1 aromatic carbocycles. The van der Waals surface area contributed by atoms with E-state index in [0.717, 1.165) is 19.3 Å². The van der Waals surface area contributed by atoms with Crippen LogP contribution in [0.5, 0.6) is 0 Å². The molecule has 1 rings (SSSR count). The first-order valence-electron chi connectivity index (χ1n) is 5.24. The number of hydrogen-bond donors (Lipinski definition) is 1. The topological polar surface area (TPSA) is 43.1 Å². The second-order valence-electron chi connectivity index (χ2n) is 3.58. The molecule has 2 N–H and O–H groups in total. The van der Waals surface area contributed by atoms with E-state index in [0.29, 0.717) is 12.0 Å². The number of benzene rings is 1. The summed E-state index contributed by atoms with van der Waals surface area (Å²) in [6.45, 7) is 2.07. The molecule has 2 nitrogen and oxygen atoms in total. The molecule has 0 radical (unpaired) electrons. The van der Waals surface area contributed by atoms with Crippen LogP contribution >= 0.6 is 0 Å². The van der Waals surface area contributed by atoms with Gasteiger partial charge in [-0.2, -0.15) is 0 Å². The van der Waals surface area contributed by atoms with Crippen molar-refractivity contribution in [2.24, 2.45) is 0 Å². The second-order valence-corrected chi connectivity index (χ2v) is 3.58. The highest BCUT2D eigenvalue weighted by atomic mass is 19.1. The van der Waals surface area contributed by atoms with Gasteiger partial charge in [-0.05, 0) is 18.6 Å². The lowest BCUT2D eigenvalue weighted by Gasteiger charge is -2.04. The minimum Gasteiger partial charge on any atom is -0.396 e. The number of ketones is 1. The fourth-order valence-corrected chi connectivity index (χ4v) is 1.45. The Morgan fingerprint density at radius 1 is 1.40 bits per heavy atom. The van der Waals surface area contributed by atoms with E-state index >= 15 is 0 Å². The Hall–Kier alpha value is -1.38. The van der Waals surface area contributed by atoms with E-state index in [2.05, 4.69) is 6.92 Å². The summed E-state index contributed by atoms with van der Waals surface area (Å²) >= 11 is 0.